The molecule has 8 heteroatoms. The Kier molecular flexibility index (Phi) is 6.00. The Labute approximate surface area is 181 Å². The van der Waals surface area contributed by atoms with Gasteiger partial charge in [-0.2, -0.15) is 14.8 Å². The van der Waals surface area contributed by atoms with Gasteiger partial charge in [0.25, 0.3) is 5.95 Å². The third-order valence-electron chi connectivity index (χ3n) is 6.81. The first-order valence-corrected chi connectivity index (χ1v) is 11.5. The van der Waals surface area contributed by atoms with Gasteiger partial charge in [0.2, 0.25) is 5.89 Å². The maximum absolute atomic E-state index is 13.8. The van der Waals surface area contributed by atoms with Crippen LogP contribution in [0.3, 0.4) is 0 Å². The van der Waals surface area contributed by atoms with Crippen molar-refractivity contribution in [1.82, 2.24) is 24.8 Å². The van der Waals surface area contributed by atoms with Crippen LogP contribution in [0.15, 0.2) is 22.7 Å². The number of aromatic nitrogens is 4. The van der Waals surface area contributed by atoms with Crippen LogP contribution in [0.2, 0.25) is 0 Å². The Bertz CT molecular complexity index is 1020. The summed E-state index contributed by atoms with van der Waals surface area (Å²) >= 11 is 0. The van der Waals surface area contributed by atoms with E-state index >= 15 is 0 Å². The second-order valence-electron chi connectivity index (χ2n) is 8.77. The van der Waals surface area contributed by atoms with Crippen molar-refractivity contribution in [3.63, 3.8) is 0 Å². The molecule has 0 saturated carbocycles. The lowest BCUT2D eigenvalue weighted by Gasteiger charge is -2.32. The fraction of sp³-hybridized carbons (Fsp3) is 0.609. The fourth-order valence-corrected chi connectivity index (χ4v) is 4.85. The molecule has 0 aliphatic carbocycles. The first-order valence-electron chi connectivity index (χ1n) is 11.5. The minimum Gasteiger partial charge on any atom is -0.381 e. The quantitative estimate of drug-likeness (QED) is 0.590. The molecule has 2 aliphatic heterocycles. The Hall–Kier alpha value is -2.32. The van der Waals surface area contributed by atoms with E-state index in [0.29, 0.717) is 17.4 Å². The summed E-state index contributed by atoms with van der Waals surface area (Å²) in [6.07, 6.45) is 6.46. The molecule has 166 valence electrons. The van der Waals surface area contributed by atoms with Gasteiger partial charge in [-0.25, -0.2) is 4.39 Å². The minimum atomic E-state index is -0.298. The molecule has 2 saturated heterocycles. The number of hydrogen-bond acceptors (Lipinski definition) is 6. The number of likely N-dealkylation sites (tertiary alicyclic amines) is 1. The largest absolute Gasteiger partial charge is 0.381 e. The van der Waals surface area contributed by atoms with Gasteiger partial charge in [0.05, 0.1) is 11.2 Å². The summed E-state index contributed by atoms with van der Waals surface area (Å²) in [6, 6.07) is 4.71. The Balaban J connectivity index is 1.24. The van der Waals surface area contributed by atoms with Crippen molar-refractivity contribution in [2.24, 2.45) is 5.92 Å². The van der Waals surface area contributed by atoms with Crippen LogP contribution in [-0.4, -0.2) is 57.7 Å². The summed E-state index contributed by atoms with van der Waals surface area (Å²) in [7, 11) is 0. The van der Waals surface area contributed by atoms with Gasteiger partial charge in [0.15, 0.2) is 0 Å². The first kappa shape index (κ1) is 20.6. The molecule has 1 aromatic carbocycles. The average Bonchev–Trinajstić information content (AvgIpc) is 3.43. The van der Waals surface area contributed by atoms with Gasteiger partial charge in [-0.1, -0.05) is 6.92 Å². The number of piperidine rings is 1. The monoisotopic (exact) mass is 427 g/mol. The summed E-state index contributed by atoms with van der Waals surface area (Å²) in [6.45, 7) is 7.15. The molecule has 0 atom stereocenters. The van der Waals surface area contributed by atoms with E-state index in [4.69, 9.17) is 9.26 Å². The SMILES string of the molecule is CCc1nn(-c2noc(C3CCN(CCC4CCOCC4)CC3)n2)c2cc(F)ccc12. The number of rotatable bonds is 6. The summed E-state index contributed by atoms with van der Waals surface area (Å²) in [4.78, 5) is 7.20. The third kappa shape index (κ3) is 4.36. The highest BCUT2D eigenvalue weighted by Gasteiger charge is 2.27. The van der Waals surface area contributed by atoms with E-state index in [-0.39, 0.29) is 11.7 Å². The molecule has 7 nitrogen and oxygen atoms in total. The van der Waals surface area contributed by atoms with Crippen molar-refractivity contribution >= 4 is 10.9 Å². The van der Waals surface area contributed by atoms with Crippen LogP contribution in [0, 0.1) is 11.7 Å². The fourth-order valence-electron chi connectivity index (χ4n) is 4.85. The van der Waals surface area contributed by atoms with Gasteiger partial charge in [0, 0.05) is 30.6 Å². The molecule has 2 aliphatic rings. The molecular weight excluding hydrogens is 397 g/mol. The van der Waals surface area contributed by atoms with E-state index in [1.165, 1.54) is 31.4 Å². The van der Waals surface area contributed by atoms with Crippen LogP contribution >= 0.6 is 0 Å². The number of ether oxygens (including phenoxy) is 1. The van der Waals surface area contributed by atoms with Crippen molar-refractivity contribution < 1.29 is 13.7 Å². The third-order valence-corrected chi connectivity index (χ3v) is 6.81. The second-order valence-corrected chi connectivity index (χ2v) is 8.77. The van der Waals surface area contributed by atoms with Gasteiger partial charge in [-0.15, -0.1) is 0 Å². The molecule has 5 rings (SSSR count). The number of aryl methyl sites for hydroxylation is 1. The standard InChI is InChI=1S/C23H30FN5O2/c1-2-20-19-4-3-18(24)15-21(19)29(26-20)23-25-22(31-27-23)17-6-11-28(12-7-17)10-5-16-8-13-30-14-9-16/h3-4,15-17H,2,5-14H2,1H3. The highest BCUT2D eigenvalue weighted by atomic mass is 19.1. The summed E-state index contributed by atoms with van der Waals surface area (Å²) in [5.41, 5.74) is 1.58. The molecule has 4 heterocycles. The van der Waals surface area contributed by atoms with Crippen LogP contribution in [0.5, 0.6) is 0 Å². The minimum absolute atomic E-state index is 0.268. The molecule has 0 spiro atoms. The molecule has 31 heavy (non-hydrogen) atoms. The molecule has 2 fully saturated rings. The molecule has 0 bridgehead atoms. The molecule has 0 amide bonds. The van der Waals surface area contributed by atoms with E-state index < -0.39 is 0 Å². The number of fused-ring (bicyclic) bond motifs is 1. The maximum atomic E-state index is 13.8. The van der Waals surface area contributed by atoms with Crippen LogP contribution in [0.4, 0.5) is 4.39 Å². The van der Waals surface area contributed by atoms with Crippen molar-refractivity contribution in [3.8, 4) is 5.95 Å². The zero-order valence-corrected chi connectivity index (χ0v) is 18.1. The molecule has 3 aromatic rings. The van der Waals surface area contributed by atoms with Gasteiger partial charge in [-0.3, -0.25) is 0 Å². The summed E-state index contributed by atoms with van der Waals surface area (Å²) in [5.74, 6) is 1.83. The zero-order chi connectivity index (χ0) is 21.2. The van der Waals surface area contributed by atoms with Gasteiger partial charge in [0.1, 0.15) is 5.82 Å². The van der Waals surface area contributed by atoms with Gasteiger partial charge >= 0.3 is 0 Å². The highest BCUT2D eigenvalue weighted by Crippen LogP contribution is 2.29. The van der Waals surface area contributed by atoms with Crippen molar-refractivity contribution in [1.29, 1.82) is 0 Å². The van der Waals surface area contributed by atoms with Crippen LogP contribution in [0.25, 0.3) is 16.9 Å². The number of hydrogen-bond donors (Lipinski definition) is 0. The van der Waals surface area contributed by atoms with E-state index in [2.05, 4.69) is 20.1 Å². The normalized spacial score (nSPS) is 19.4. The topological polar surface area (TPSA) is 69.2 Å². The molecule has 0 unspecified atom stereocenters. The molecular formula is C23H30FN5O2. The van der Waals surface area contributed by atoms with Crippen molar-refractivity contribution in [2.75, 3.05) is 32.8 Å². The van der Waals surface area contributed by atoms with E-state index in [0.717, 1.165) is 69.1 Å². The lowest BCUT2D eigenvalue weighted by atomic mass is 9.94. The molecule has 2 aromatic heterocycles. The second kappa shape index (κ2) is 9.04. The van der Waals surface area contributed by atoms with Crippen molar-refractivity contribution in [3.05, 3.63) is 35.6 Å². The Morgan fingerprint density at radius 2 is 1.94 bits per heavy atom. The lowest BCUT2D eigenvalue weighted by molar-refractivity contribution is 0.0586. The van der Waals surface area contributed by atoms with Gasteiger partial charge in [-0.05, 0) is 81.4 Å². The molecule has 0 N–H and O–H groups in total. The molecule has 0 radical (unpaired) electrons. The number of nitrogens with zero attached hydrogens (tertiary/aromatic N) is 5. The average molecular weight is 428 g/mol. The van der Waals surface area contributed by atoms with Gasteiger partial charge < -0.3 is 14.2 Å². The van der Waals surface area contributed by atoms with E-state index in [1.807, 2.05) is 6.92 Å². The predicted molar refractivity (Wildman–Crippen MR) is 115 cm³/mol. The first-order chi connectivity index (χ1) is 15.2. The predicted octanol–water partition coefficient (Wildman–Crippen LogP) is 4.11. The van der Waals surface area contributed by atoms with Crippen molar-refractivity contribution in [2.45, 2.75) is 51.4 Å². The van der Waals surface area contributed by atoms with Crippen LogP contribution < -0.4 is 0 Å². The number of halogens is 1. The van der Waals surface area contributed by atoms with E-state index in [1.54, 1.807) is 10.7 Å². The Morgan fingerprint density at radius 1 is 1.13 bits per heavy atom. The highest BCUT2D eigenvalue weighted by molar-refractivity contribution is 5.83. The zero-order valence-electron chi connectivity index (χ0n) is 18.1. The summed E-state index contributed by atoms with van der Waals surface area (Å²) in [5, 5.41) is 9.70. The maximum Gasteiger partial charge on any atom is 0.291 e. The van der Waals surface area contributed by atoms with E-state index in [9.17, 15) is 4.39 Å². The Morgan fingerprint density at radius 3 is 2.71 bits per heavy atom. The van der Waals surface area contributed by atoms with Crippen LogP contribution in [0.1, 0.15) is 56.5 Å². The number of benzene rings is 1. The summed E-state index contributed by atoms with van der Waals surface area (Å²) < 4.78 is 26.5. The lowest BCUT2D eigenvalue weighted by Crippen LogP contribution is -2.35. The smallest absolute Gasteiger partial charge is 0.291 e. The van der Waals surface area contributed by atoms with Crippen LogP contribution in [-0.2, 0) is 11.2 Å².